The van der Waals surface area contributed by atoms with E-state index >= 15 is 0 Å². The summed E-state index contributed by atoms with van der Waals surface area (Å²) in [5.74, 6) is 0. The van der Waals surface area contributed by atoms with E-state index in [-0.39, 0.29) is 0 Å². The number of aryl methyl sites for hydroxylation is 2. The topological polar surface area (TPSA) is 42.7 Å². The maximum absolute atomic E-state index is 4.72. The van der Waals surface area contributed by atoms with E-state index in [0.29, 0.717) is 6.04 Å². The largest absolute Gasteiger partial charge is 0.310 e. The molecule has 0 atom stereocenters. The summed E-state index contributed by atoms with van der Waals surface area (Å²) in [6.45, 7) is 7.38. The summed E-state index contributed by atoms with van der Waals surface area (Å²) in [6.07, 6.45) is 4.86. The van der Waals surface area contributed by atoms with E-state index in [1.54, 1.807) is 11.3 Å². The molecular formula is C13H20N4S. The zero-order valence-corrected chi connectivity index (χ0v) is 12.2. The highest BCUT2D eigenvalue weighted by Gasteiger charge is 2.12. The van der Waals surface area contributed by atoms with Gasteiger partial charge in [-0.3, -0.25) is 4.68 Å². The number of aromatic nitrogens is 3. The zero-order chi connectivity index (χ0) is 13.1. The second kappa shape index (κ2) is 5.63. The molecule has 18 heavy (non-hydrogen) atoms. The van der Waals surface area contributed by atoms with Crippen molar-refractivity contribution in [3.63, 3.8) is 0 Å². The molecule has 2 heterocycles. The van der Waals surface area contributed by atoms with Crippen LogP contribution in [0.15, 0.2) is 12.4 Å². The molecule has 0 aliphatic rings. The first-order chi connectivity index (χ1) is 8.60. The molecule has 0 bridgehead atoms. The molecule has 98 valence electrons. The Bertz CT molecular complexity index is 513. The summed E-state index contributed by atoms with van der Waals surface area (Å²) >= 11 is 1.77. The molecule has 1 N–H and O–H groups in total. The second-order valence-corrected chi connectivity index (χ2v) is 5.76. The third kappa shape index (κ3) is 2.97. The molecule has 0 radical (unpaired) electrons. The van der Waals surface area contributed by atoms with Gasteiger partial charge in [-0.05, 0) is 6.42 Å². The standard InChI is InChI=1S/C13H20N4S/c1-5-11-12(7-14-9(2)3)18-13(16-11)10-6-15-17(4)8-10/h6,8-9,14H,5,7H2,1-4H3. The lowest BCUT2D eigenvalue weighted by Crippen LogP contribution is -2.21. The minimum Gasteiger partial charge on any atom is -0.310 e. The molecule has 0 amide bonds. The Kier molecular flexibility index (Phi) is 4.14. The predicted molar refractivity (Wildman–Crippen MR) is 75.7 cm³/mol. The first kappa shape index (κ1) is 13.2. The van der Waals surface area contributed by atoms with Gasteiger partial charge in [-0.25, -0.2) is 4.98 Å². The van der Waals surface area contributed by atoms with Crippen LogP contribution in [0.2, 0.25) is 0 Å². The van der Waals surface area contributed by atoms with Crippen LogP contribution in [-0.2, 0) is 20.0 Å². The molecule has 0 aliphatic carbocycles. The number of hydrogen-bond acceptors (Lipinski definition) is 4. The molecular weight excluding hydrogens is 244 g/mol. The lowest BCUT2D eigenvalue weighted by atomic mass is 10.3. The SMILES string of the molecule is CCc1nc(-c2cnn(C)c2)sc1CNC(C)C. The Morgan fingerprint density at radius 3 is 2.78 bits per heavy atom. The van der Waals surface area contributed by atoms with Crippen molar-refractivity contribution in [1.29, 1.82) is 0 Å². The minimum absolute atomic E-state index is 0.499. The Labute approximate surface area is 112 Å². The molecule has 0 saturated carbocycles. The maximum Gasteiger partial charge on any atom is 0.127 e. The Balaban J connectivity index is 2.23. The van der Waals surface area contributed by atoms with Crippen molar-refractivity contribution in [3.8, 4) is 10.6 Å². The van der Waals surface area contributed by atoms with Gasteiger partial charge >= 0.3 is 0 Å². The first-order valence-electron chi connectivity index (χ1n) is 6.31. The molecule has 0 aromatic carbocycles. The van der Waals surface area contributed by atoms with Crippen LogP contribution >= 0.6 is 11.3 Å². The average molecular weight is 264 g/mol. The van der Waals surface area contributed by atoms with Crippen molar-refractivity contribution in [2.24, 2.45) is 7.05 Å². The van der Waals surface area contributed by atoms with Crippen LogP contribution in [0.1, 0.15) is 31.3 Å². The molecule has 0 unspecified atom stereocenters. The third-order valence-corrected chi connectivity index (χ3v) is 3.88. The van der Waals surface area contributed by atoms with E-state index < -0.39 is 0 Å². The van der Waals surface area contributed by atoms with Crippen molar-refractivity contribution in [2.75, 3.05) is 0 Å². The van der Waals surface area contributed by atoms with Gasteiger partial charge in [-0.2, -0.15) is 5.10 Å². The fourth-order valence-corrected chi connectivity index (χ4v) is 2.83. The summed E-state index contributed by atoms with van der Waals surface area (Å²) in [5, 5.41) is 8.73. The van der Waals surface area contributed by atoms with E-state index in [1.165, 1.54) is 10.6 Å². The van der Waals surface area contributed by atoms with Gasteiger partial charge in [0.1, 0.15) is 5.01 Å². The molecule has 0 spiro atoms. The third-order valence-electron chi connectivity index (χ3n) is 2.74. The summed E-state index contributed by atoms with van der Waals surface area (Å²) < 4.78 is 1.81. The fourth-order valence-electron chi connectivity index (χ4n) is 1.75. The lowest BCUT2D eigenvalue weighted by Gasteiger charge is -2.06. The van der Waals surface area contributed by atoms with Gasteiger partial charge in [0.2, 0.25) is 0 Å². The molecule has 0 fully saturated rings. The minimum atomic E-state index is 0.499. The van der Waals surface area contributed by atoms with Gasteiger partial charge in [0.25, 0.3) is 0 Å². The van der Waals surface area contributed by atoms with Crippen LogP contribution in [-0.4, -0.2) is 20.8 Å². The fraction of sp³-hybridized carbons (Fsp3) is 0.538. The zero-order valence-electron chi connectivity index (χ0n) is 11.4. The summed E-state index contributed by atoms with van der Waals surface area (Å²) in [6, 6.07) is 0.499. The van der Waals surface area contributed by atoms with Gasteiger partial charge in [-0.1, -0.05) is 20.8 Å². The van der Waals surface area contributed by atoms with E-state index in [1.807, 2.05) is 24.1 Å². The summed E-state index contributed by atoms with van der Waals surface area (Å²) in [7, 11) is 1.93. The number of thiazole rings is 1. The Morgan fingerprint density at radius 1 is 1.44 bits per heavy atom. The first-order valence-corrected chi connectivity index (χ1v) is 7.12. The maximum atomic E-state index is 4.72. The van der Waals surface area contributed by atoms with Gasteiger partial charge in [-0.15, -0.1) is 11.3 Å². The normalized spacial score (nSPS) is 11.4. The van der Waals surface area contributed by atoms with Crippen LogP contribution in [0.3, 0.4) is 0 Å². The van der Waals surface area contributed by atoms with E-state index in [9.17, 15) is 0 Å². The van der Waals surface area contributed by atoms with Crippen molar-refractivity contribution in [2.45, 2.75) is 39.8 Å². The molecule has 2 aromatic heterocycles. The Morgan fingerprint density at radius 2 is 2.22 bits per heavy atom. The van der Waals surface area contributed by atoms with Gasteiger partial charge < -0.3 is 5.32 Å². The molecule has 5 heteroatoms. The Hall–Kier alpha value is -1.20. The number of nitrogens with zero attached hydrogens (tertiary/aromatic N) is 3. The van der Waals surface area contributed by atoms with Crippen LogP contribution < -0.4 is 5.32 Å². The average Bonchev–Trinajstić information content (AvgIpc) is 2.92. The van der Waals surface area contributed by atoms with Crippen LogP contribution in [0.4, 0.5) is 0 Å². The van der Waals surface area contributed by atoms with Crippen LogP contribution in [0.25, 0.3) is 10.6 Å². The predicted octanol–water partition coefficient (Wildman–Crippen LogP) is 2.60. The quantitative estimate of drug-likeness (QED) is 0.902. The van der Waals surface area contributed by atoms with Crippen LogP contribution in [0.5, 0.6) is 0 Å². The van der Waals surface area contributed by atoms with E-state index in [4.69, 9.17) is 4.98 Å². The smallest absolute Gasteiger partial charge is 0.127 e. The lowest BCUT2D eigenvalue weighted by molar-refractivity contribution is 0.590. The highest BCUT2D eigenvalue weighted by Crippen LogP contribution is 2.28. The van der Waals surface area contributed by atoms with Crippen molar-refractivity contribution in [3.05, 3.63) is 23.0 Å². The molecule has 0 saturated heterocycles. The van der Waals surface area contributed by atoms with Crippen LogP contribution in [0, 0.1) is 0 Å². The molecule has 2 rings (SSSR count). The molecule has 0 aliphatic heterocycles. The molecule has 2 aromatic rings. The van der Waals surface area contributed by atoms with Crippen molar-refractivity contribution >= 4 is 11.3 Å². The second-order valence-electron chi connectivity index (χ2n) is 4.68. The van der Waals surface area contributed by atoms with Gasteiger partial charge in [0, 0.05) is 36.3 Å². The van der Waals surface area contributed by atoms with Crippen molar-refractivity contribution in [1.82, 2.24) is 20.1 Å². The van der Waals surface area contributed by atoms with E-state index in [2.05, 4.69) is 31.2 Å². The van der Waals surface area contributed by atoms with Gasteiger partial charge in [0.05, 0.1) is 11.9 Å². The van der Waals surface area contributed by atoms with Crippen molar-refractivity contribution < 1.29 is 0 Å². The number of hydrogen-bond donors (Lipinski definition) is 1. The van der Waals surface area contributed by atoms with Gasteiger partial charge in [0.15, 0.2) is 0 Å². The number of nitrogens with one attached hydrogen (secondary N) is 1. The molecule has 4 nitrogen and oxygen atoms in total. The highest BCUT2D eigenvalue weighted by molar-refractivity contribution is 7.15. The van der Waals surface area contributed by atoms with E-state index in [0.717, 1.165) is 23.5 Å². The summed E-state index contributed by atoms with van der Waals surface area (Å²) in [4.78, 5) is 6.05. The summed E-state index contributed by atoms with van der Waals surface area (Å²) in [5.41, 5.74) is 2.31. The number of rotatable bonds is 5. The monoisotopic (exact) mass is 264 g/mol. The highest BCUT2D eigenvalue weighted by atomic mass is 32.1.